The molecule has 1 N–H and O–H groups in total. The highest BCUT2D eigenvalue weighted by atomic mass is 14.9. The van der Waals surface area contributed by atoms with E-state index in [-0.39, 0.29) is 0 Å². The number of hydrogen-bond donors (Lipinski definition) is 1. The Kier molecular flexibility index (Phi) is 1.39. The maximum absolute atomic E-state index is 4.16. The summed E-state index contributed by atoms with van der Waals surface area (Å²) in [6.07, 6.45) is 1.71. The van der Waals surface area contributed by atoms with Crippen molar-refractivity contribution in [3.05, 3.63) is 23.8 Å². The van der Waals surface area contributed by atoms with E-state index in [0.29, 0.717) is 0 Å². The zero-order valence-electron chi connectivity index (χ0n) is 5.73. The first-order chi connectivity index (χ1) is 4.24. The number of H-pyrrole nitrogens is 1. The van der Waals surface area contributed by atoms with E-state index in [9.17, 15) is 0 Å². The van der Waals surface area contributed by atoms with Gasteiger partial charge < -0.3 is 4.98 Å². The average molecular weight is 122 g/mol. The molecule has 0 atom stereocenters. The Morgan fingerprint density at radius 2 is 2.22 bits per heavy atom. The third-order valence-corrected chi connectivity index (χ3v) is 1.34. The monoisotopic (exact) mass is 122 g/mol. The van der Waals surface area contributed by atoms with Crippen LogP contribution in [0.1, 0.15) is 17.2 Å². The van der Waals surface area contributed by atoms with Gasteiger partial charge in [-0.2, -0.15) is 0 Å². The second-order valence-corrected chi connectivity index (χ2v) is 2.04. The van der Waals surface area contributed by atoms with Crippen LogP contribution in [0.5, 0.6) is 0 Å². The van der Waals surface area contributed by atoms with E-state index in [1.54, 1.807) is 6.08 Å². The molecule has 0 saturated carbocycles. The SMILES string of the molecule is C=Cc1nc(C)c(C)[nH]1. The van der Waals surface area contributed by atoms with Crippen LogP contribution in [-0.4, -0.2) is 9.97 Å². The molecule has 0 radical (unpaired) electrons. The molecule has 0 aliphatic carbocycles. The van der Waals surface area contributed by atoms with E-state index in [1.165, 1.54) is 0 Å². The van der Waals surface area contributed by atoms with Crippen LogP contribution in [-0.2, 0) is 0 Å². The van der Waals surface area contributed by atoms with Crippen LogP contribution < -0.4 is 0 Å². The summed E-state index contributed by atoms with van der Waals surface area (Å²) in [6, 6.07) is 0. The zero-order chi connectivity index (χ0) is 6.85. The van der Waals surface area contributed by atoms with Crippen LogP contribution in [0.2, 0.25) is 0 Å². The standard InChI is InChI=1S/C7H10N2/c1-4-7-8-5(2)6(3)9-7/h4H,1H2,2-3H3,(H,8,9). The van der Waals surface area contributed by atoms with Crippen molar-refractivity contribution in [2.75, 3.05) is 0 Å². The molecule has 0 spiro atoms. The molecule has 1 rings (SSSR count). The summed E-state index contributed by atoms with van der Waals surface area (Å²) in [5.41, 5.74) is 2.16. The summed E-state index contributed by atoms with van der Waals surface area (Å²) in [5, 5.41) is 0. The lowest BCUT2D eigenvalue weighted by Crippen LogP contribution is -1.71. The number of aromatic amines is 1. The molecule has 0 aromatic carbocycles. The number of rotatable bonds is 1. The molecule has 0 aliphatic rings. The summed E-state index contributed by atoms with van der Waals surface area (Å²) in [4.78, 5) is 7.22. The number of hydrogen-bond acceptors (Lipinski definition) is 1. The van der Waals surface area contributed by atoms with Crippen molar-refractivity contribution in [2.24, 2.45) is 0 Å². The highest BCUT2D eigenvalue weighted by Gasteiger charge is 1.95. The molecule has 2 nitrogen and oxygen atoms in total. The van der Waals surface area contributed by atoms with Crippen molar-refractivity contribution in [2.45, 2.75) is 13.8 Å². The largest absolute Gasteiger partial charge is 0.342 e. The van der Waals surface area contributed by atoms with E-state index in [2.05, 4.69) is 16.5 Å². The van der Waals surface area contributed by atoms with Crippen LogP contribution in [0, 0.1) is 13.8 Å². The quantitative estimate of drug-likeness (QED) is 0.603. The molecule has 0 saturated heterocycles. The van der Waals surface area contributed by atoms with Gasteiger partial charge in [0.2, 0.25) is 0 Å². The summed E-state index contributed by atoms with van der Waals surface area (Å²) in [6.45, 7) is 7.56. The van der Waals surface area contributed by atoms with Gasteiger partial charge in [0.25, 0.3) is 0 Å². The van der Waals surface area contributed by atoms with Crippen LogP contribution in [0.25, 0.3) is 6.08 Å². The lowest BCUT2D eigenvalue weighted by molar-refractivity contribution is 1.22. The zero-order valence-corrected chi connectivity index (χ0v) is 5.73. The molecule has 9 heavy (non-hydrogen) atoms. The maximum Gasteiger partial charge on any atom is 0.129 e. The van der Waals surface area contributed by atoms with Crippen molar-refractivity contribution in [1.29, 1.82) is 0 Å². The van der Waals surface area contributed by atoms with Gasteiger partial charge in [0.05, 0.1) is 5.69 Å². The first-order valence-corrected chi connectivity index (χ1v) is 2.89. The minimum atomic E-state index is 0.852. The number of imidazole rings is 1. The van der Waals surface area contributed by atoms with Crippen LogP contribution in [0.3, 0.4) is 0 Å². The van der Waals surface area contributed by atoms with Gasteiger partial charge in [0.15, 0.2) is 0 Å². The fraction of sp³-hybridized carbons (Fsp3) is 0.286. The summed E-state index contributed by atoms with van der Waals surface area (Å²) in [7, 11) is 0. The number of nitrogens with one attached hydrogen (secondary N) is 1. The summed E-state index contributed by atoms with van der Waals surface area (Å²) < 4.78 is 0. The fourth-order valence-corrected chi connectivity index (χ4v) is 0.672. The van der Waals surface area contributed by atoms with Crippen molar-refractivity contribution in [3.8, 4) is 0 Å². The van der Waals surface area contributed by atoms with Crippen molar-refractivity contribution in [3.63, 3.8) is 0 Å². The van der Waals surface area contributed by atoms with Crippen LogP contribution in [0.4, 0.5) is 0 Å². The van der Waals surface area contributed by atoms with Gasteiger partial charge in [-0.3, -0.25) is 0 Å². The molecule has 0 fully saturated rings. The fourth-order valence-electron chi connectivity index (χ4n) is 0.672. The smallest absolute Gasteiger partial charge is 0.129 e. The topological polar surface area (TPSA) is 28.7 Å². The molecule has 1 aromatic rings. The Morgan fingerprint density at radius 1 is 1.56 bits per heavy atom. The van der Waals surface area contributed by atoms with Gasteiger partial charge in [-0.1, -0.05) is 6.58 Å². The predicted molar refractivity (Wildman–Crippen MR) is 38.2 cm³/mol. The van der Waals surface area contributed by atoms with E-state index in [4.69, 9.17) is 0 Å². The minimum absolute atomic E-state index is 0.852. The number of aryl methyl sites for hydroxylation is 2. The second-order valence-electron chi connectivity index (χ2n) is 2.04. The molecule has 1 aromatic heterocycles. The number of aromatic nitrogens is 2. The third-order valence-electron chi connectivity index (χ3n) is 1.34. The molecule has 0 bridgehead atoms. The average Bonchev–Trinajstić information content (AvgIpc) is 2.13. The van der Waals surface area contributed by atoms with Gasteiger partial charge in [0, 0.05) is 5.69 Å². The van der Waals surface area contributed by atoms with E-state index >= 15 is 0 Å². The highest BCUT2D eigenvalue weighted by Crippen LogP contribution is 2.02. The molecule has 0 aliphatic heterocycles. The van der Waals surface area contributed by atoms with Gasteiger partial charge in [-0.05, 0) is 19.9 Å². The van der Waals surface area contributed by atoms with Crippen molar-refractivity contribution >= 4 is 6.08 Å². The third kappa shape index (κ3) is 1.02. The summed E-state index contributed by atoms with van der Waals surface area (Å²) in [5.74, 6) is 0.852. The molecule has 0 unspecified atom stereocenters. The molecule has 48 valence electrons. The van der Waals surface area contributed by atoms with Gasteiger partial charge in [0.1, 0.15) is 5.82 Å². The van der Waals surface area contributed by atoms with Crippen LogP contribution in [0.15, 0.2) is 6.58 Å². The highest BCUT2D eigenvalue weighted by molar-refractivity contribution is 5.37. The second kappa shape index (κ2) is 2.05. The van der Waals surface area contributed by atoms with E-state index in [1.807, 2.05) is 13.8 Å². The van der Waals surface area contributed by atoms with Gasteiger partial charge in [-0.15, -0.1) is 0 Å². The first kappa shape index (κ1) is 6.08. The van der Waals surface area contributed by atoms with E-state index in [0.717, 1.165) is 17.2 Å². The first-order valence-electron chi connectivity index (χ1n) is 2.89. The Morgan fingerprint density at radius 3 is 2.44 bits per heavy atom. The van der Waals surface area contributed by atoms with E-state index < -0.39 is 0 Å². The maximum atomic E-state index is 4.16. The molecular weight excluding hydrogens is 112 g/mol. The number of nitrogens with zero attached hydrogens (tertiary/aromatic N) is 1. The molecular formula is C7H10N2. The van der Waals surface area contributed by atoms with Gasteiger partial charge in [-0.25, -0.2) is 4.98 Å². The molecule has 0 amide bonds. The van der Waals surface area contributed by atoms with Crippen molar-refractivity contribution < 1.29 is 0 Å². The van der Waals surface area contributed by atoms with Crippen LogP contribution >= 0.6 is 0 Å². The summed E-state index contributed by atoms with van der Waals surface area (Å²) >= 11 is 0. The Bertz CT molecular complexity index is 203. The normalized spacial score (nSPS) is 9.56. The predicted octanol–water partition coefficient (Wildman–Crippen LogP) is 1.67. The Labute approximate surface area is 54.6 Å². The lowest BCUT2D eigenvalue weighted by Gasteiger charge is -1.79. The Hall–Kier alpha value is -1.05. The van der Waals surface area contributed by atoms with Gasteiger partial charge >= 0.3 is 0 Å². The Balaban J connectivity index is 3.11. The molecule has 2 heteroatoms. The molecule has 1 heterocycles. The van der Waals surface area contributed by atoms with Crippen molar-refractivity contribution in [1.82, 2.24) is 9.97 Å². The minimum Gasteiger partial charge on any atom is -0.342 e. The lowest BCUT2D eigenvalue weighted by atomic mass is 10.4.